The summed E-state index contributed by atoms with van der Waals surface area (Å²) in [6.45, 7) is 8.25. The SMILES string of the molecule is CCOc1ccc(C(=O)N(CC)C(C)C)cc1S(N)(=O)=O. The Morgan fingerprint density at radius 1 is 1.33 bits per heavy atom. The molecule has 6 nitrogen and oxygen atoms in total. The van der Waals surface area contributed by atoms with Crippen molar-refractivity contribution in [1.82, 2.24) is 4.90 Å². The summed E-state index contributed by atoms with van der Waals surface area (Å²) >= 11 is 0. The highest BCUT2D eigenvalue weighted by Gasteiger charge is 2.22. The Morgan fingerprint density at radius 3 is 2.38 bits per heavy atom. The van der Waals surface area contributed by atoms with Gasteiger partial charge in [0.25, 0.3) is 5.91 Å². The maximum atomic E-state index is 12.4. The molecule has 0 heterocycles. The van der Waals surface area contributed by atoms with Gasteiger partial charge in [0.1, 0.15) is 10.6 Å². The molecule has 0 spiro atoms. The molecule has 0 aliphatic heterocycles. The predicted octanol–water partition coefficient (Wildman–Crippen LogP) is 1.60. The lowest BCUT2D eigenvalue weighted by molar-refractivity contribution is 0.0716. The summed E-state index contributed by atoms with van der Waals surface area (Å²) in [5.41, 5.74) is 0.276. The molecular formula is C14H22N2O4S. The summed E-state index contributed by atoms with van der Waals surface area (Å²) in [5, 5.41) is 5.19. The number of hydrogen-bond donors (Lipinski definition) is 1. The Hall–Kier alpha value is -1.60. The summed E-state index contributed by atoms with van der Waals surface area (Å²) in [4.78, 5) is 13.9. The van der Waals surface area contributed by atoms with Crippen molar-refractivity contribution in [3.8, 4) is 5.75 Å². The van der Waals surface area contributed by atoms with Crippen molar-refractivity contribution < 1.29 is 17.9 Å². The molecule has 0 aliphatic rings. The van der Waals surface area contributed by atoms with Gasteiger partial charge in [-0.25, -0.2) is 13.6 Å². The summed E-state index contributed by atoms with van der Waals surface area (Å²) in [5.74, 6) is -0.0791. The van der Waals surface area contributed by atoms with Gasteiger partial charge in [-0.2, -0.15) is 0 Å². The molecule has 0 aromatic heterocycles. The molecule has 21 heavy (non-hydrogen) atoms. The molecule has 0 saturated carbocycles. The maximum Gasteiger partial charge on any atom is 0.254 e. The van der Waals surface area contributed by atoms with Crippen LogP contribution in [0.3, 0.4) is 0 Å². The second kappa shape index (κ2) is 6.91. The van der Waals surface area contributed by atoms with Gasteiger partial charge >= 0.3 is 0 Å². The van der Waals surface area contributed by atoms with Gasteiger partial charge in [0.15, 0.2) is 0 Å². The van der Waals surface area contributed by atoms with E-state index in [2.05, 4.69) is 0 Å². The van der Waals surface area contributed by atoms with Crippen LogP contribution in [0.25, 0.3) is 0 Å². The minimum Gasteiger partial charge on any atom is -0.492 e. The lowest BCUT2D eigenvalue weighted by atomic mass is 10.1. The molecule has 118 valence electrons. The number of rotatable bonds is 6. The quantitative estimate of drug-likeness (QED) is 0.863. The average Bonchev–Trinajstić information content (AvgIpc) is 2.38. The van der Waals surface area contributed by atoms with Crippen LogP contribution in [0.15, 0.2) is 23.1 Å². The predicted molar refractivity (Wildman–Crippen MR) is 80.8 cm³/mol. The first kappa shape index (κ1) is 17.5. The Kier molecular flexibility index (Phi) is 5.74. The second-order valence-electron chi connectivity index (χ2n) is 4.82. The van der Waals surface area contributed by atoms with E-state index < -0.39 is 10.0 Å². The zero-order valence-corrected chi connectivity index (χ0v) is 13.6. The third-order valence-corrected chi connectivity index (χ3v) is 3.95. The van der Waals surface area contributed by atoms with E-state index in [1.54, 1.807) is 17.9 Å². The average molecular weight is 314 g/mol. The highest BCUT2D eigenvalue weighted by atomic mass is 32.2. The minimum absolute atomic E-state index is 0.0204. The van der Waals surface area contributed by atoms with Crippen LogP contribution in [0, 0.1) is 0 Å². The number of primary sulfonamides is 1. The second-order valence-corrected chi connectivity index (χ2v) is 6.35. The van der Waals surface area contributed by atoms with Crippen LogP contribution in [-0.2, 0) is 10.0 Å². The molecule has 0 unspecified atom stereocenters. The topological polar surface area (TPSA) is 89.7 Å². The molecule has 1 amide bonds. The van der Waals surface area contributed by atoms with E-state index in [1.807, 2.05) is 20.8 Å². The van der Waals surface area contributed by atoms with Crippen LogP contribution >= 0.6 is 0 Å². The third-order valence-electron chi connectivity index (χ3n) is 3.02. The third kappa shape index (κ3) is 4.18. The number of benzene rings is 1. The van der Waals surface area contributed by atoms with E-state index in [1.165, 1.54) is 12.1 Å². The zero-order valence-electron chi connectivity index (χ0n) is 12.8. The first-order valence-corrected chi connectivity index (χ1v) is 8.37. The number of ether oxygens (including phenoxy) is 1. The summed E-state index contributed by atoms with van der Waals surface area (Å²) in [6.07, 6.45) is 0. The molecule has 7 heteroatoms. The largest absolute Gasteiger partial charge is 0.492 e. The molecule has 0 fully saturated rings. The smallest absolute Gasteiger partial charge is 0.254 e. The zero-order chi connectivity index (χ0) is 16.2. The first-order chi connectivity index (χ1) is 9.72. The van der Waals surface area contributed by atoms with Gasteiger partial charge < -0.3 is 9.64 Å². The number of hydrogen-bond acceptors (Lipinski definition) is 4. The van der Waals surface area contributed by atoms with Crippen LogP contribution in [0.4, 0.5) is 0 Å². The van der Waals surface area contributed by atoms with Crippen molar-refractivity contribution in [3.05, 3.63) is 23.8 Å². The standard InChI is InChI=1S/C14H22N2O4S/c1-5-16(10(3)4)14(17)11-7-8-12(20-6-2)13(9-11)21(15,18)19/h7-10H,5-6H2,1-4H3,(H2,15,18,19). The molecule has 2 N–H and O–H groups in total. The molecule has 0 saturated heterocycles. The van der Waals surface area contributed by atoms with Crippen LogP contribution in [0.1, 0.15) is 38.1 Å². The monoisotopic (exact) mass is 314 g/mol. The van der Waals surface area contributed by atoms with E-state index in [-0.39, 0.29) is 28.2 Å². The number of sulfonamides is 1. The Morgan fingerprint density at radius 2 is 1.95 bits per heavy atom. The summed E-state index contributed by atoms with van der Waals surface area (Å²) in [6, 6.07) is 4.30. The lowest BCUT2D eigenvalue weighted by Gasteiger charge is -2.25. The van der Waals surface area contributed by atoms with Crippen LogP contribution in [0.2, 0.25) is 0 Å². The van der Waals surface area contributed by atoms with Gasteiger partial charge in [-0.05, 0) is 45.9 Å². The van der Waals surface area contributed by atoms with Crippen LogP contribution in [0.5, 0.6) is 5.75 Å². The Labute approximate surface area is 125 Å². The van der Waals surface area contributed by atoms with Crippen molar-refractivity contribution in [2.24, 2.45) is 5.14 Å². The van der Waals surface area contributed by atoms with Crippen molar-refractivity contribution in [2.75, 3.05) is 13.2 Å². The number of nitrogens with two attached hydrogens (primary N) is 1. The van der Waals surface area contributed by atoms with E-state index in [0.29, 0.717) is 13.2 Å². The normalized spacial score (nSPS) is 11.5. The number of amides is 1. The van der Waals surface area contributed by atoms with Crippen LogP contribution in [-0.4, -0.2) is 38.4 Å². The first-order valence-electron chi connectivity index (χ1n) is 6.83. The highest BCUT2D eigenvalue weighted by Crippen LogP contribution is 2.25. The molecule has 0 radical (unpaired) electrons. The molecule has 1 rings (SSSR count). The fourth-order valence-corrected chi connectivity index (χ4v) is 2.75. The van der Waals surface area contributed by atoms with E-state index in [9.17, 15) is 13.2 Å². The molecule has 1 aromatic carbocycles. The molecule has 0 atom stereocenters. The molecule has 0 aliphatic carbocycles. The number of carbonyl (C=O) groups is 1. The van der Waals surface area contributed by atoms with Crippen molar-refractivity contribution in [1.29, 1.82) is 0 Å². The van der Waals surface area contributed by atoms with Gasteiger partial charge in [-0.15, -0.1) is 0 Å². The molecule has 0 bridgehead atoms. The fourth-order valence-electron chi connectivity index (χ4n) is 2.05. The van der Waals surface area contributed by atoms with Gasteiger partial charge in [0, 0.05) is 18.2 Å². The van der Waals surface area contributed by atoms with Crippen molar-refractivity contribution in [2.45, 2.75) is 38.6 Å². The lowest BCUT2D eigenvalue weighted by Crippen LogP contribution is -2.36. The van der Waals surface area contributed by atoms with Gasteiger partial charge in [0.2, 0.25) is 10.0 Å². The van der Waals surface area contributed by atoms with Crippen molar-refractivity contribution in [3.63, 3.8) is 0 Å². The van der Waals surface area contributed by atoms with Gasteiger partial charge in [0.05, 0.1) is 6.61 Å². The summed E-state index contributed by atoms with van der Waals surface area (Å²) < 4.78 is 28.5. The number of carbonyl (C=O) groups excluding carboxylic acids is 1. The Bertz CT molecular complexity index is 611. The van der Waals surface area contributed by atoms with Gasteiger partial charge in [-0.1, -0.05) is 0 Å². The maximum absolute atomic E-state index is 12.4. The molecular weight excluding hydrogens is 292 g/mol. The highest BCUT2D eigenvalue weighted by molar-refractivity contribution is 7.89. The fraction of sp³-hybridized carbons (Fsp3) is 0.500. The Balaban J connectivity index is 3.31. The van der Waals surface area contributed by atoms with Crippen LogP contribution < -0.4 is 9.88 Å². The summed E-state index contributed by atoms with van der Waals surface area (Å²) in [7, 11) is -3.96. The number of nitrogens with zero attached hydrogens (tertiary/aromatic N) is 1. The molecule has 1 aromatic rings. The van der Waals surface area contributed by atoms with E-state index >= 15 is 0 Å². The van der Waals surface area contributed by atoms with Gasteiger partial charge in [-0.3, -0.25) is 4.79 Å². The minimum atomic E-state index is -3.96. The van der Waals surface area contributed by atoms with E-state index in [0.717, 1.165) is 0 Å². The van der Waals surface area contributed by atoms with E-state index in [4.69, 9.17) is 9.88 Å². The van der Waals surface area contributed by atoms with Crippen molar-refractivity contribution >= 4 is 15.9 Å².